The molecule has 0 saturated carbocycles. The second-order valence-corrected chi connectivity index (χ2v) is 4.92. The van der Waals surface area contributed by atoms with Crippen molar-refractivity contribution in [3.8, 4) is 0 Å². The van der Waals surface area contributed by atoms with Gasteiger partial charge in [0.1, 0.15) is 0 Å². The molecule has 0 N–H and O–H groups in total. The minimum absolute atomic E-state index is 0.694. The van der Waals surface area contributed by atoms with Crippen molar-refractivity contribution < 1.29 is 0 Å². The quantitative estimate of drug-likeness (QED) is 0.444. The minimum Gasteiger partial charge on any atom is -0.0936 e. The maximum atomic E-state index is 2.30. The van der Waals surface area contributed by atoms with Gasteiger partial charge in [-0.3, -0.25) is 0 Å². The molecule has 0 aliphatic carbocycles. The Kier molecular flexibility index (Phi) is 9.09. The summed E-state index contributed by atoms with van der Waals surface area (Å²) in [6.07, 6.45) is 15.1. The van der Waals surface area contributed by atoms with E-state index in [0.717, 1.165) is 7.28 Å². The van der Waals surface area contributed by atoms with Crippen molar-refractivity contribution in [2.75, 3.05) is 0 Å². The highest BCUT2D eigenvalue weighted by molar-refractivity contribution is 6.48. The maximum Gasteiger partial charge on any atom is 0.159 e. The van der Waals surface area contributed by atoms with Crippen LogP contribution in [0.1, 0.15) is 41.5 Å². The van der Waals surface area contributed by atoms with E-state index in [1.165, 1.54) is 16.6 Å². The Morgan fingerprint density at radius 3 is 2.11 bits per heavy atom. The Balaban J connectivity index is 5.17. The van der Waals surface area contributed by atoms with Gasteiger partial charge in [0.05, 0.1) is 0 Å². The van der Waals surface area contributed by atoms with Crippen LogP contribution in [-0.4, -0.2) is 7.28 Å². The molecule has 98 valence electrons. The van der Waals surface area contributed by atoms with Crippen molar-refractivity contribution in [3.63, 3.8) is 0 Å². The molecule has 0 unspecified atom stereocenters. The van der Waals surface area contributed by atoms with Crippen LogP contribution in [0.3, 0.4) is 0 Å². The first-order chi connectivity index (χ1) is 8.54. The van der Waals surface area contributed by atoms with Crippen LogP contribution in [0.25, 0.3) is 0 Å². The topological polar surface area (TPSA) is 0 Å². The second-order valence-electron chi connectivity index (χ2n) is 4.92. The Bertz CT molecular complexity index is 376. The van der Waals surface area contributed by atoms with E-state index in [1.807, 2.05) is 13.0 Å². The smallest absolute Gasteiger partial charge is 0.0936 e. The van der Waals surface area contributed by atoms with Crippen molar-refractivity contribution in [3.05, 3.63) is 59.2 Å². The molecule has 0 aromatic rings. The van der Waals surface area contributed by atoms with Crippen LogP contribution in [0.5, 0.6) is 0 Å². The predicted octanol–water partition coefficient (Wildman–Crippen LogP) is 5.18. The van der Waals surface area contributed by atoms with Gasteiger partial charge in [0.25, 0.3) is 0 Å². The van der Waals surface area contributed by atoms with E-state index in [4.69, 9.17) is 0 Å². The Hall–Kier alpha value is -1.24. The molecule has 0 amide bonds. The average Bonchev–Trinajstić information content (AvgIpc) is 2.35. The van der Waals surface area contributed by atoms with Crippen LogP contribution in [0, 0.1) is 0 Å². The summed E-state index contributed by atoms with van der Waals surface area (Å²) in [5, 5.41) is 0. The van der Waals surface area contributed by atoms with Gasteiger partial charge in [0, 0.05) is 0 Å². The zero-order valence-electron chi connectivity index (χ0n) is 12.8. The molecule has 0 bridgehead atoms. The zero-order valence-corrected chi connectivity index (χ0v) is 12.8. The zero-order chi connectivity index (χ0) is 14.0. The molecule has 0 spiro atoms. The third-order valence-corrected chi connectivity index (χ3v) is 2.82. The molecule has 0 heterocycles. The van der Waals surface area contributed by atoms with E-state index >= 15 is 0 Å². The molecule has 0 radical (unpaired) electrons. The summed E-state index contributed by atoms with van der Waals surface area (Å²) in [5.74, 6) is 0.694. The lowest BCUT2D eigenvalue weighted by atomic mass is 9.59. The number of rotatable bonds is 6. The maximum absolute atomic E-state index is 2.30. The Labute approximate surface area is 114 Å². The number of hydrogen-bond donors (Lipinski definition) is 0. The van der Waals surface area contributed by atoms with Crippen molar-refractivity contribution >= 4 is 7.28 Å². The molecule has 0 aromatic carbocycles. The van der Waals surface area contributed by atoms with Gasteiger partial charge in [-0.1, -0.05) is 67.7 Å². The first-order valence-electron chi connectivity index (χ1n) is 6.84. The average molecular weight is 242 g/mol. The lowest BCUT2D eigenvalue weighted by Crippen LogP contribution is -1.99. The Morgan fingerprint density at radius 1 is 1.00 bits per heavy atom. The molecule has 0 aromatic heterocycles. The molecule has 18 heavy (non-hydrogen) atoms. The van der Waals surface area contributed by atoms with Crippen molar-refractivity contribution in [2.45, 2.75) is 47.4 Å². The van der Waals surface area contributed by atoms with Gasteiger partial charge in [0.2, 0.25) is 0 Å². The number of hydrogen-bond acceptors (Lipinski definition) is 0. The minimum atomic E-state index is 0.694. The van der Waals surface area contributed by atoms with Gasteiger partial charge in [-0.15, -0.1) is 0 Å². The highest BCUT2D eigenvalue weighted by atomic mass is 14.0. The van der Waals surface area contributed by atoms with Crippen molar-refractivity contribution in [1.82, 2.24) is 0 Å². The van der Waals surface area contributed by atoms with E-state index in [9.17, 15) is 0 Å². The molecule has 0 rings (SSSR count). The van der Waals surface area contributed by atoms with E-state index in [2.05, 4.69) is 71.1 Å². The normalized spacial score (nSPS) is 15.2. The molecule has 0 fully saturated rings. The molecule has 0 atom stereocenters. The van der Waals surface area contributed by atoms with Crippen LogP contribution >= 0.6 is 0 Å². The molecular weight excluding hydrogens is 215 g/mol. The fraction of sp³-hybridized carbons (Fsp3) is 0.412. The highest BCUT2D eigenvalue weighted by Crippen LogP contribution is 2.16. The third-order valence-electron chi connectivity index (χ3n) is 2.82. The summed E-state index contributed by atoms with van der Waals surface area (Å²) in [4.78, 5) is 0. The van der Waals surface area contributed by atoms with Gasteiger partial charge in [-0.2, -0.15) is 0 Å². The summed E-state index contributed by atoms with van der Waals surface area (Å²) in [6, 6.07) is 0. The predicted molar refractivity (Wildman–Crippen MR) is 87.5 cm³/mol. The fourth-order valence-corrected chi connectivity index (χ4v) is 1.66. The van der Waals surface area contributed by atoms with E-state index in [-0.39, 0.29) is 0 Å². The molecule has 1 heteroatoms. The largest absolute Gasteiger partial charge is 0.159 e. The van der Waals surface area contributed by atoms with Gasteiger partial charge in [-0.25, -0.2) is 0 Å². The monoisotopic (exact) mass is 242 g/mol. The molecule has 0 aliphatic rings. The van der Waals surface area contributed by atoms with E-state index < -0.39 is 0 Å². The van der Waals surface area contributed by atoms with Gasteiger partial charge in [-0.05, 0) is 38.8 Å². The number of allylic oxidation sites excluding steroid dienone is 10. The summed E-state index contributed by atoms with van der Waals surface area (Å²) < 4.78 is 0. The van der Waals surface area contributed by atoms with Crippen LogP contribution in [0.4, 0.5) is 0 Å². The summed E-state index contributed by atoms with van der Waals surface area (Å²) >= 11 is 0. The van der Waals surface area contributed by atoms with Crippen LogP contribution in [0.15, 0.2) is 59.2 Å². The van der Waals surface area contributed by atoms with E-state index in [0.29, 0.717) is 5.82 Å². The summed E-state index contributed by atoms with van der Waals surface area (Å²) in [5.41, 5.74) is 4.02. The lowest BCUT2D eigenvalue weighted by molar-refractivity contribution is 1.06. The highest BCUT2D eigenvalue weighted by Gasteiger charge is 2.02. The first kappa shape index (κ1) is 16.8. The first-order valence-corrected chi connectivity index (χ1v) is 6.84. The van der Waals surface area contributed by atoms with Gasteiger partial charge < -0.3 is 0 Å². The molecule has 0 aliphatic heterocycles. The standard InChI is InChI=1S/C17H27B/c1-7-10-11-12-16(15(6)8-2)13-17(9-3)18-14(4)5/h7-14,18H,1-6H3/b10-7-,12-11-,15-8-,16-13-,17-9+. The van der Waals surface area contributed by atoms with Crippen LogP contribution < -0.4 is 0 Å². The summed E-state index contributed by atoms with van der Waals surface area (Å²) in [6.45, 7) is 12.9. The lowest BCUT2D eigenvalue weighted by Gasteiger charge is -2.07. The molecular formula is C17H27B. The Morgan fingerprint density at radius 2 is 1.67 bits per heavy atom. The second kappa shape index (κ2) is 9.76. The SMILES string of the molecule is C/C=C\C=C/C(=C/C(BC(C)C)=C\C)C(/C)=C\C. The van der Waals surface area contributed by atoms with E-state index in [1.54, 1.807) is 0 Å². The third kappa shape index (κ3) is 7.16. The van der Waals surface area contributed by atoms with Crippen LogP contribution in [0.2, 0.25) is 5.82 Å². The van der Waals surface area contributed by atoms with Crippen molar-refractivity contribution in [1.29, 1.82) is 0 Å². The van der Waals surface area contributed by atoms with Crippen molar-refractivity contribution in [2.24, 2.45) is 0 Å². The molecule has 0 saturated heterocycles. The van der Waals surface area contributed by atoms with Gasteiger partial charge in [0.15, 0.2) is 7.28 Å². The summed E-state index contributed by atoms with van der Waals surface area (Å²) in [7, 11) is 1.13. The van der Waals surface area contributed by atoms with Crippen LogP contribution in [-0.2, 0) is 0 Å². The van der Waals surface area contributed by atoms with Gasteiger partial charge >= 0.3 is 0 Å². The molecule has 0 nitrogen and oxygen atoms in total. The fourth-order valence-electron chi connectivity index (χ4n) is 1.66.